The first-order valence-corrected chi connectivity index (χ1v) is 12.6. The number of carbonyl (C=O) groups excluding carboxylic acids is 1. The summed E-state index contributed by atoms with van der Waals surface area (Å²) in [5.74, 6) is 1.19. The molecule has 1 aliphatic heterocycles. The fourth-order valence-electron chi connectivity index (χ4n) is 4.82. The molecule has 4 aromatic rings. The second-order valence-corrected chi connectivity index (χ2v) is 9.50. The van der Waals surface area contributed by atoms with Gasteiger partial charge in [-0.3, -0.25) is 9.59 Å². The van der Waals surface area contributed by atoms with Crippen molar-refractivity contribution in [2.24, 2.45) is 0 Å². The van der Waals surface area contributed by atoms with E-state index in [1.165, 1.54) is 12.8 Å². The van der Waals surface area contributed by atoms with Crippen LogP contribution >= 0.6 is 0 Å². The van der Waals surface area contributed by atoms with Crippen molar-refractivity contribution in [2.75, 3.05) is 6.61 Å². The van der Waals surface area contributed by atoms with Gasteiger partial charge < -0.3 is 18.5 Å². The van der Waals surface area contributed by atoms with Gasteiger partial charge >= 0.3 is 0 Å². The molecule has 1 aliphatic rings. The van der Waals surface area contributed by atoms with Gasteiger partial charge in [0.1, 0.15) is 17.1 Å². The maximum atomic E-state index is 13.8. The number of nitrogens with zero attached hydrogens (tertiary/aromatic N) is 1. The number of benzene rings is 2. The minimum Gasteiger partial charge on any atom is -0.494 e. The Bertz CT molecular complexity index is 1430. The zero-order valence-electron chi connectivity index (χ0n) is 21.0. The van der Waals surface area contributed by atoms with E-state index in [9.17, 15) is 9.59 Å². The van der Waals surface area contributed by atoms with Gasteiger partial charge in [0.15, 0.2) is 5.43 Å². The number of aryl methyl sites for hydroxylation is 2. The molecule has 3 heterocycles. The Balaban J connectivity index is 1.54. The van der Waals surface area contributed by atoms with Crippen LogP contribution in [-0.2, 0) is 6.54 Å². The molecule has 1 atom stereocenters. The first-order chi connectivity index (χ1) is 17.5. The monoisotopic (exact) mass is 485 g/mol. The minimum absolute atomic E-state index is 0.101. The summed E-state index contributed by atoms with van der Waals surface area (Å²) in [5, 5.41) is 0.488. The second kappa shape index (κ2) is 10.1. The molecule has 186 valence electrons. The van der Waals surface area contributed by atoms with Gasteiger partial charge in [0.2, 0.25) is 5.76 Å². The van der Waals surface area contributed by atoms with Gasteiger partial charge in [-0.1, -0.05) is 38.3 Å². The zero-order chi connectivity index (χ0) is 25.2. The Kier molecular flexibility index (Phi) is 6.68. The Hall–Kier alpha value is -3.80. The van der Waals surface area contributed by atoms with Crippen LogP contribution in [-0.4, -0.2) is 17.4 Å². The molecule has 2 aromatic heterocycles. The van der Waals surface area contributed by atoms with Crippen LogP contribution in [0, 0.1) is 13.8 Å². The van der Waals surface area contributed by atoms with Gasteiger partial charge in [-0.2, -0.15) is 0 Å². The van der Waals surface area contributed by atoms with Crippen LogP contribution in [0.4, 0.5) is 0 Å². The number of fused-ring (bicyclic) bond motifs is 2. The average Bonchev–Trinajstić information content (AvgIpc) is 3.48. The highest BCUT2D eigenvalue weighted by atomic mass is 16.5. The van der Waals surface area contributed by atoms with Gasteiger partial charge in [0, 0.05) is 0 Å². The topological polar surface area (TPSA) is 72.9 Å². The summed E-state index contributed by atoms with van der Waals surface area (Å²) >= 11 is 0. The third-order valence-corrected chi connectivity index (χ3v) is 6.95. The Labute approximate surface area is 210 Å². The minimum atomic E-state index is -0.585. The van der Waals surface area contributed by atoms with E-state index in [0.29, 0.717) is 28.9 Å². The Morgan fingerprint density at radius 3 is 2.47 bits per heavy atom. The second-order valence-electron chi connectivity index (χ2n) is 9.50. The lowest BCUT2D eigenvalue weighted by molar-refractivity contribution is 0.0701. The quantitative estimate of drug-likeness (QED) is 0.246. The summed E-state index contributed by atoms with van der Waals surface area (Å²) in [7, 11) is 0. The number of hydrogen-bond donors (Lipinski definition) is 0. The van der Waals surface area contributed by atoms with Crippen LogP contribution in [0.3, 0.4) is 0 Å². The molecule has 0 aliphatic carbocycles. The molecule has 0 fully saturated rings. The number of carbonyl (C=O) groups is 1. The van der Waals surface area contributed by atoms with Gasteiger partial charge in [-0.05, 0) is 73.4 Å². The van der Waals surface area contributed by atoms with E-state index in [1.54, 1.807) is 17.2 Å². The molecule has 6 heteroatoms. The van der Waals surface area contributed by atoms with E-state index >= 15 is 0 Å². The molecule has 0 N–H and O–H groups in total. The predicted octanol–water partition coefficient (Wildman–Crippen LogP) is 6.71. The fraction of sp³-hybridized carbons (Fsp3) is 0.333. The van der Waals surface area contributed by atoms with Crippen molar-refractivity contribution < 1.29 is 18.4 Å². The Morgan fingerprint density at radius 2 is 1.75 bits per heavy atom. The van der Waals surface area contributed by atoms with E-state index in [2.05, 4.69) is 6.92 Å². The molecule has 0 bridgehead atoms. The fourth-order valence-corrected chi connectivity index (χ4v) is 4.82. The van der Waals surface area contributed by atoms with Crippen LogP contribution in [0.1, 0.15) is 77.2 Å². The molecule has 0 saturated heterocycles. The maximum absolute atomic E-state index is 13.8. The molecule has 1 unspecified atom stereocenters. The molecular weight excluding hydrogens is 454 g/mol. The third kappa shape index (κ3) is 4.43. The summed E-state index contributed by atoms with van der Waals surface area (Å²) < 4.78 is 17.5. The predicted molar refractivity (Wildman–Crippen MR) is 138 cm³/mol. The molecule has 1 amide bonds. The summed E-state index contributed by atoms with van der Waals surface area (Å²) in [6, 6.07) is 14.4. The summed E-state index contributed by atoms with van der Waals surface area (Å²) in [5.41, 5.74) is 3.46. The standard InChI is InChI=1S/C30H31NO5/c1-4-5-6-7-14-34-22-12-10-21(11-13-22)27-26-28(32)24-16-19(2)20(3)17-25(24)36-29(26)30(33)31(27)18-23-9-8-15-35-23/h8-13,15-17,27H,4-7,14,18H2,1-3H3. The molecule has 0 saturated carbocycles. The third-order valence-electron chi connectivity index (χ3n) is 6.95. The molecule has 0 spiro atoms. The lowest BCUT2D eigenvalue weighted by atomic mass is 9.97. The Morgan fingerprint density at radius 1 is 0.972 bits per heavy atom. The number of hydrogen-bond acceptors (Lipinski definition) is 5. The SMILES string of the molecule is CCCCCCOc1ccc(C2c3c(oc4cc(C)c(C)cc4c3=O)C(=O)N2Cc2ccco2)cc1. The summed E-state index contributed by atoms with van der Waals surface area (Å²) in [6.07, 6.45) is 6.14. The van der Waals surface area contributed by atoms with Crippen LogP contribution in [0.15, 0.2) is 68.4 Å². The van der Waals surface area contributed by atoms with Crippen LogP contribution in [0.25, 0.3) is 11.0 Å². The largest absolute Gasteiger partial charge is 0.494 e. The van der Waals surface area contributed by atoms with E-state index in [4.69, 9.17) is 13.6 Å². The average molecular weight is 486 g/mol. The van der Waals surface area contributed by atoms with Crippen molar-refractivity contribution in [3.63, 3.8) is 0 Å². The maximum Gasteiger partial charge on any atom is 0.291 e. The highest BCUT2D eigenvalue weighted by molar-refractivity contribution is 5.99. The number of rotatable bonds is 9. The van der Waals surface area contributed by atoms with Crippen LogP contribution in [0.2, 0.25) is 0 Å². The molecule has 0 radical (unpaired) electrons. The first kappa shape index (κ1) is 23.9. The van der Waals surface area contributed by atoms with Crippen molar-refractivity contribution in [2.45, 2.75) is 59.0 Å². The number of ether oxygens (including phenoxy) is 1. The lowest BCUT2D eigenvalue weighted by Crippen LogP contribution is -2.29. The lowest BCUT2D eigenvalue weighted by Gasteiger charge is -2.24. The van der Waals surface area contributed by atoms with E-state index in [0.717, 1.165) is 35.3 Å². The first-order valence-electron chi connectivity index (χ1n) is 12.6. The summed E-state index contributed by atoms with van der Waals surface area (Å²) in [6.45, 7) is 7.01. The smallest absolute Gasteiger partial charge is 0.291 e. The van der Waals surface area contributed by atoms with E-state index in [-0.39, 0.29) is 23.6 Å². The molecule has 6 nitrogen and oxygen atoms in total. The summed E-state index contributed by atoms with van der Waals surface area (Å²) in [4.78, 5) is 29.0. The highest BCUT2D eigenvalue weighted by Gasteiger charge is 2.43. The van der Waals surface area contributed by atoms with E-state index < -0.39 is 6.04 Å². The number of amides is 1. The van der Waals surface area contributed by atoms with Crippen molar-refractivity contribution in [1.82, 2.24) is 4.90 Å². The van der Waals surface area contributed by atoms with E-state index in [1.807, 2.05) is 56.3 Å². The van der Waals surface area contributed by atoms with Crippen molar-refractivity contribution in [3.8, 4) is 5.75 Å². The van der Waals surface area contributed by atoms with Crippen molar-refractivity contribution in [3.05, 3.63) is 98.8 Å². The zero-order valence-corrected chi connectivity index (χ0v) is 21.0. The molecule has 2 aromatic carbocycles. The van der Waals surface area contributed by atoms with Crippen LogP contribution < -0.4 is 10.2 Å². The molecule has 36 heavy (non-hydrogen) atoms. The van der Waals surface area contributed by atoms with Crippen molar-refractivity contribution >= 4 is 16.9 Å². The van der Waals surface area contributed by atoms with Crippen molar-refractivity contribution in [1.29, 1.82) is 0 Å². The van der Waals surface area contributed by atoms with Crippen LogP contribution in [0.5, 0.6) is 5.75 Å². The normalized spacial score (nSPS) is 15.0. The molecular formula is C30H31NO5. The number of unbranched alkanes of at least 4 members (excludes halogenated alkanes) is 3. The van der Waals surface area contributed by atoms with Gasteiger partial charge in [0.05, 0.1) is 36.4 Å². The highest BCUT2D eigenvalue weighted by Crippen LogP contribution is 2.39. The number of furan rings is 1. The van der Waals surface area contributed by atoms with Gasteiger partial charge in [-0.15, -0.1) is 0 Å². The van der Waals surface area contributed by atoms with Gasteiger partial charge in [-0.25, -0.2) is 0 Å². The molecule has 5 rings (SSSR count). The van der Waals surface area contributed by atoms with Gasteiger partial charge in [0.25, 0.3) is 5.91 Å².